The van der Waals surface area contributed by atoms with Crippen LogP contribution in [0, 0.1) is 13.8 Å². The summed E-state index contributed by atoms with van der Waals surface area (Å²) in [5, 5.41) is 17.3. The predicted octanol–water partition coefficient (Wildman–Crippen LogP) is 3.87. The fourth-order valence-electron chi connectivity index (χ4n) is 3.52. The maximum Gasteiger partial charge on any atom is 0.253 e. The summed E-state index contributed by atoms with van der Waals surface area (Å²) in [4.78, 5) is 18.7. The smallest absolute Gasteiger partial charge is 0.253 e. The van der Waals surface area contributed by atoms with Crippen LogP contribution in [-0.2, 0) is 4.79 Å². The molecule has 1 aliphatic heterocycles. The van der Waals surface area contributed by atoms with Crippen molar-refractivity contribution in [3.63, 3.8) is 0 Å². The molecule has 0 spiro atoms. The molecule has 0 fully saturated rings. The molecule has 5 heterocycles. The van der Waals surface area contributed by atoms with Gasteiger partial charge in [0.15, 0.2) is 10.8 Å². The SMILES string of the molecule is Cc1cc2nnc(SCC(=O)N3N=C(c4ccco4)CC3c3cccs3)n2c(C)n1. The van der Waals surface area contributed by atoms with E-state index in [0.29, 0.717) is 17.3 Å². The quantitative estimate of drug-likeness (QED) is 0.440. The topological polar surface area (TPSA) is 88.9 Å². The number of furan rings is 1. The Morgan fingerprint density at radius 1 is 1.30 bits per heavy atom. The van der Waals surface area contributed by atoms with Crippen molar-refractivity contribution < 1.29 is 9.21 Å². The summed E-state index contributed by atoms with van der Waals surface area (Å²) in [5.74, 6) is 1.60. The first-order valence-corrected chi connectivity index (χ1v) is 11.3. The second-order valence-corrected chi connectivity index (χ2v) is 8.83. The molecule has 1 unspecified atom stereocenters. The first-order chi connectivity index (χ1) is 14.6. The normalized spacial score (nSPS) is 16.4. The number of hydrogen-bond acceptors (Lipinski definition) is 8. The van der Waals surface area contributed by atoms with Gasteiger partial charge in [0.2, 0.25) is 0 Å². The van der Waals surface area contributed by atoms with E-state index < -0.39 is 0 Å². The molecule has 1 atom stereocenters. The van der Waals surface area contributed by atoms with Gasteiger partial charge < -0.3 is 4.42 Å². The Hall–Kier alpha value is -2.98. The average Bonchev–Trinajstić information content (AvgIpc) is 3.52. The molecule has 5 rings (SSSR count). The molecule has 0 N–H and O–H groups in total. The third-order valence-electron chi connectivity index (χ3n) is 4.83. The first-order valence-electron chi connectivity index (χ1n) is 9.39. The van der Waals surface area contributed by atoms with Crippen LogP contribution in [0.5, 0.6) is 0 Å². The van der Waals surface area contributed by atoms with Gasteiger partial charge in [-0.2, -0.15) is 5.10 Å². The molecule has 0 radical (unpaired) electrons. The number of hydrogen-bond donors (Lipinski definition) is 0. The standard InChI is InChI=1S/C20H18N6O2S2/c1-12-9-18-22-23-20(25(18)13(2)21-12)30-11-19(27)26-15(17-6-4-8-29-17)10-14(24-26)16-5-3-7-28-16/h3-9,15H,10-11H2,1-2H3. The lowest BCUT2D eigenvalue weighted by molar-refractivity contribution is -0.130. The van der Waals surface area contributed by atoms with Crippen LogP contribution in [0.25, 0.3) is 5.65 Å². The summed E-state index contributed by atoms with van der Waals surface area (Å²) in [6.45, 7) is 3.83. The minimum Gasteiger partial charge on any atom is -0.463 e. The zero-order chi connectivity index (χ0) is 20.7. The Bertz CT molecular complexity index is 1230. The predicted molar refractivity (Wildman–Crippen MR) is 115 cm³/mol. The van der Waals surface area contributed by atoms with E-state index in [2.05, 4.69) is 20.3 Å². The summed E-state index contributed by atoms with van der Waals surface area (Å²) >= 11 is 2.96. The minimum atomic E-state index is -0.126. The van der Waals surface area contributed by atoms with Gasteiger partial charge in [0.05, 0.1) is 18.1 Å². The highest BCUT2D eigenvalue weighted by Crippen LogP contribution is 2.36. The monoisotopic (exact) mass is 438 g/mol. The lowest BCUT2D eigenvalue weighted by atomic mass is 10.1. The van der Waals surface area contributed by atoms with Crippen molar-refractivity contribution in [2.45, 2.75) is 31.5 Å². The number of aryl methyl sites for hydroxylation is 2. The number of amides is 1. The Kier molecular flexibility index (Phi) is 4.87. The number of carbonyl (C=O) groups excluding carboxylic acids is 1. The number of fused-ring (bicyclic) bond motifs is 1. The molecule has 0 aliphatic carbocycles. The number of thioether (sulfide) groups is 1. The molecule has 10 heteroatoms. The highest BCUT2D eigenvalue weighted by Gasteiger charge is 2.34. The van der Waals surface area contributed by atoms with Gasteiger partial charge in [-0.05, 0) is 37.4 Å². The van der Waals surface area contributed by atoms with Crippen LogP contribution in [0.1, 0.15) is 34.6 Å². The number of rotatable bonds is 5. The van der Waals surface area contributed by atoms with E-state index in [0.717, 1.165) is 27.8 Å². The van der Waals surface area contributed by atoms with Crippen molar-refractivity contribution in [3.8, 4) is 0 Å². The summed E-state index contributed by atoms with van der Waals surface area (Å²) < 4.78 is 7.37. The number of thiophene rings is 1. The first kappa shape index (κ1) is 19.0. The maximum absolute atomic E-state index is 13.1. The molecule has 30 heavy (non-hydrogen) atoms. The molecule has 0 bridgehead atoms. The van der Waals surface area contributed by atoms with Crippen LogP contribution in [0.15, 0.2) is 56.7 Å². The van der Waals surface area contributed by atoms with Crippen molar-refractivity contribution in [2.24, 2.45) is 5.10 Å². The van der Waals surface area contributed by atoms with Crippen molar-refractivity contribution in [1.29, 1.82) is 0 Å². The molecule has 1 amide bonds. The fourth-order valence-corrected chi connectivity index (χ4v) is 5.17. The maximum atomic E-state index is 13.1. The van der Waals surface area contributed by atoms with Crippen LogP contribution >= 0.6 is 23.1 Å². The third kappa shape index (κ3) is 3.41. The van der Waals surface area contributed by atoms with Crippen molar-refractivity contribution in [1.82, 2.24) is 24.6 Å². The molecule has 4 aromatic heterocycles. The zero-order valence-electron chi connectivity index (χ0n) is 16.3. The number of carbonyl (C=O) groups is 1. The van der Waals surface area contributed by atoms with Gasteiger partial charge in [-0.3, -0.25) is 9.20 Å². The van der Waals surface area contributed by atoms with E-state index in [4.69, 9.17) is 4.42 Å². The van der Waals surface area contributed by atoms with E-state index in [1.807, 2.05) is 54.0 Å². The summed E-state index contributed by atoms with van der Waals surface area (Å²) in [6, 6.07) is 9.47. The van der Waals surface area contributed by atoms with E-state index in [1.54, 1.807) is 22.6 Å². The second kappa shape index (κ2) is 7.69. The van der Waals surface area contributed by atoms with Gasteiger partial charge in [0.1, 0.15) is 17.3 Å². The van der Waals surface area contributed by atoms with Gasteiger partial charge in [-0.15, -0.1) is 21.5 Å². The van der Waals surface area contributed by atoms with Crippen molar-refractivity contribution in [3.05, 3.63) is 64.1 Å². The second-order valence-electron chi connectivity index (χ2n) is 6.91. The summed E-state index contributed by atoms with van der Waals surface area (Å²) in [5.41, 5.74) is 2.39. The molecule has 4 aromatic rings. The highest BCUT2D eigenvalue weighted by molar-refractivity contribution is 7.99. The van der Waals surface area contributed by atoms with Gasteiger partial charge in [0.25, 0.3) is 5.91 Å². The van der Waals surface area contributed by atoms with Gasteiger partial charge in [0, 0.05) is 23.1 Å². The zero-order valence-corrected chi connectivity index (χ0v) is 18.0. The Labute approximate surface area is 180 Å². The molecule has 0 saturated heterocycles. The third-order valence-corrected chi connectivity index (χ3v) is 6.71. The summed E-state index contributed by atoms with van der Waals surface area (Å²) in [6.07, 6.45) is 2.24. The fraction of sp³-hybridized carbons (Fsp3) is 0.250. The Morgan fingerprint density at radius 3 is 2.97 bits per heavy atom. The van der Waals surface area contributed by atoms with Gasteiger partial charge >= 0.3 is 0 Å². The van der Waals surface area contributed by atoms with Crippen LogP contribution in [0.3, 0.4) is 0 Å². The lowest BCUT2D eigenvalue weighted by Crippen LogP contribution is -2.28. The van der Waals surface area contributed by atoms with E-state index in [9.17, 15) is 4.79 Å². The van der Waals surface area contributed by atoms with Crippen LogP contribution in [0.4, 0.5) is 0 Å². The highest BCUT2D eigenvalue weighted by atomic mass is 32.2. The van der Waals surface area contributed by atoms with Crippen molar-refractivity contribution >= 4 is 40.4 Å². The Balaban J connectivity index is 1.39. The van der Waals surface area contributed by atoms with Gasteiger partial charge in [-0.1, -0.05) is 17.8 Å². The molecule has 8 nitrogen and oxygen atoms in total. The largest absolute Gasteiger partial charge is 0.463 e. The van der Waals surface area contributed by atoms with Gasteiger partial charge in [-0.25, -0.2) is 9.99 Å². The number of nitrogens with zero attached hydrogens (tertiary/aromatic N) is 6. The Morgan fingerprint density at radius 2 is 2.20 bits per heavy atom. The molecule has 0 saturated carbocycles. The molecular formula is C20H18N6O2S2. The van der Waals surface area contributed by atoms with Crippen LogP contribution in [-0.4, -0.2) is 42.0 Å². The van der Waals surface area contributed by atoms with Crippen LogP contribution < -0.4 is 0 Å². The molecular weight excluding hydrogens is 420 g/mol. The van der Waals surface area contributed by atoms with Crippen molar-refractivity contribution in [2.75, 3.05) is 5.75 Å². The van der Waals surface area contributed by atoms with E-state index >= 15 is 0 Å². The molecule has 1 aliphatic rings. The van der Waals surface area contributed by atoms with E-state index in [1.165, 1.54) is 11.8 Å². The lowest BCUT2D eigenvalue weighted by Gasteiger charge is -2.20. The van der Waals surface area contributed by atoms with Crippen LogP contribution in [0.2, 0.25) is 0 Å². The summed E-state index contributed by atoms with van der Waals surface area (Å²) in [7, 11) is 0. The average molecular weight is 439 g/mol. The molecule has 0 aromatic carbocycles. The van der Waals surface area contributed by atoms with E-state index in [-0.39, 0.29) is 17.7 Å². The number of hydrazone groups is 1. The number of aromatic nitrogens is 4. The minimum absolute atomic E-state index is 0.0885. The molecule has 152 valence electrons.